The van der Waals surface area contributed by atoms with Crippen LogP contribution in [0, 0.1) is 0 Å². The fourth-order valence-corrected chi connectivity index (χ4v) is 5.05. The molecule has 150 valence electrons. The zero-order valence-corrected chi connectivity index (χ0v) is 17.5. The van der Waals surface area contributed by atoms with Crippen LogP contribution >= 0.6 is 11.3 Å². The van der Waals surface area contributed by atoms with Crippen molar-refractivity contribution in [3.05, 3.63) is 28.6 Å². The highest BCUT2D eigenvalue weighted by atomic mass is 32.1. The summed E-state index contributed by atoms with van der Waals surface area (Å²) in [5.74, 6) is 2.13. The van der Waals surface area contributed by atoms with Crippen molar-refractivity contribution in [3.8, 4) is 11.5 Å². The Balaban J connectivity index is 1.69. The molecule has 1 aromatic heterocycles. The van der Waals surface area contributed by atoms with Gasteiger partial charge < -0.3 is 19.7 Å². The van der Waals surface area contributed by atoms with E-state index in [1.54, 1.807) is 18.4 Å². The Hall–Kier alpha value is -2.28. The number of benzene rings is 1. The zero-order valence-electron chi connectivity index (χ0n) is 16.7. The van der Waals surface area contributed by atoms with Gasteiger partial charge in [-0.15, -0.1) is 0 Å². The highest BCUT2D eigenvalue weighted by Gasteiger charge is 2.32. The monoisotopic (exact) mass is 401 g/mol. The molecule has 0 saturated carbocycles. The lowest BCUT2D eigenvalue weighted by Gasteiger charge is -2.25. The molecule has 2 aliphatic rings. The standard InChI is InChI=1S/C21H27N3O3S/c1-13(2)27-17-11-14(7-8-16(17)26-3)15-12-18(25)22-20-19(15)28-21(23-20)24-9-5-4-6-10-24/h7-8,11,13,15H,4-6,9-10,12H2,1-3H3,(H,22,25). The van der Waals surface area contributed by atoms with Crippen LogP contribution in [0.1, 0.15) is 55.9 Å². The number of hydrogen-bond donors (Lipinski definition) is 1. The number of carbonyl (C=O) groups is 1. The highest BCUT2D eigenvalue weighted by Crippen LogP contribution is 2.45. The number of fused-ring (bicyclic) bond motifs is 1. The van der Waals surface area contributed by atoms with Gasteiger partial charge in [0.15, 0.2) is 16.6 Å². The summed E-state index contributed by atoms with van der Waals surface area (Å²) >= 11 is 1.70. The van der Waals surface area contributed by atoms with Gasteiger partial charge in [0.2, 0.25) is 5.91 Å². The maximum absolute atomic E-state index is 12.4. The molecule has 1 atom stereocenters. The number of ether oxygens (including phenoxy) is 2. The second-order valence-corrected chi connectivity index (χ2v) is 8.65. The second-order valence-electron chi connectivity index (χ2n) is 7.64. The maximum atomic E-state index is 12.4. The van der Waals surface area contributed by atoms with E-state index in [4.69, 9.17) is 14.5 Å². The Morgan fingerprint density at radius 2 is 2.00 bits per heavy atom. The van der Waals surface area contributed by atoms with E-state index in [-0.39, 0.29) is 17.9 Å². The van der Waals surface area contributed by atoms with E-state index in [2.05, 4.69) is 10.2 Å². The summed E-state index contributed by atoms with van der Waals surface area (Å²) in [7, 11) is 1.64. The number of piperidine rings is 1. The van der Waals surface area contributed by atoms with Crippen LogP contribution in [0.3, 0.4) is 0 Å². The largest absolute Gasteiger partial charge is 0.493 e. The first kappa shape index (κ1) is 19.1. The molecular weight excluding hydrogens is 374 g/mol. The van der Waals surface area contributed by atoms with E-state index in [0.29, 0.717) is 23.7 Å². The minimum atomic E-state index is -0.0137. The Morgan fingerprint density at radius 3 is 2.71 bits per heavy atom. The first-order valence-electron chi connectivity index (χ1n) is 9.95. The van der Waals surface area contributed by atoms with Crippen molar-refractivity contribution in [2.24, 2.45) is 0 Å². The van der Waals surface area contributed by atoms with E-state index in [9.17, 15) is 4.79 Å². The van der Waals surface area contributed by atoms with Crippen LogP contribution in [-0.2, 0) is 4.79 Å². The molecule has 1 aromatic carbocycles. The van der Waals surface area contributed by atoms with Crippen LogP contribution in [0.5, 0.6) is 11.5 Å². The van der Waals surface area contributed by atoms with Gasteiger partial charge in [0, 0.05) is 25.4 Å². The number of rotatable bonds is 5. The van der Waals surface area contributed by atoms with Crippen molar-refractivity contribution < 1.29 is 14.3 Å². The van der Waals surface area contributed by atoms with Gasteiger partial charge in [-0.25, -0.2) is 4.98 Å². The number of nitrogens with one attached hydrogen (secondary N) is 1. The number of anilines is 2. The molecule has 4 rings (SSSR count). The number of nitrogens with zero attached hydrogens (tertiary/aromatic N) is 2. The van der Waals surface area contributed by atoms with Crippen LogP contribution in [0.25, 0.3) is 0 Å². The number of thiazole rings is 1. The summed E-state index contributed by atoms with van der Waals surface area (Å²) in [5, 5.41) is 3.98. The molecule has 28 heavy (non-hydrogen) atoms. The number of amides is 1. The molecule has 7 heteroatoms. The van der Waals surface area contributed by atoms with E-state index < -0.39 is 0 Å². The van der Waals surface area contributed by atoms with Gasteiger partial charge in [0.05, 0.1) is 18.1 Å². The maximum Gasteiger partial charge on any atom is 0.226 e. The Kier molecular flexibility index (Phi) is 5.44. The lowest BCUT2D eigenvalue weighted by atomic mass is 9.91. The lowest BCUT2D eigenvalue weighted by molar-refractivity contribution is -0.116. The summed E-state index contributed by atoms with van der Waals surface area (Å²) in [4.78, 5) is 20.6. The molecule has 1 unspecified atom stereocenters. The average Bonchev–Trinajstić information content (AvgIpc) is 3.11. The molecule has 3 heterocycles. The predicted molar refractivity (Wildman–Crippen MR) is 112 cm³/mol. The van der Waals surface area contributed by atoms with Crippen molar-refractivity contribution in [2.75, 3.05) is 30.4 Å². The highest BCUT2D eigenvalue weighted by molar-refractivity contribution is 7.16. The van der Waals surface area contributed by atoms with Gasteiger partial charge in [0.1, 0.15) is 5.82 Å². The summed E-state index contributed by atoms with van der Waals surface area (Å²) in [6.45, 7) is 6.07. The van der Waals surface area contributed by atoms with E-state index >= 15 is 0 Å². The smallest absolute Gasteiger partial charge is 0.226 e. The Bertz CT molecular complexity index is 859. The van der Waals surface area contributed by atoms with Gasteiger partial charge in [-0.3, -0.25) is 4.79 Å². The molecule has 0 bridgehead atoms. The molecule has 6 nitrogen and oxygen atoms in total. The molecule has 2 aromatic rings. The average molecular weight is 402 g/mol. The predicted octanol–water partition coefficient (Wildman–Crippen LogP) is 4.40. The molecule has 1 saturated heterocycles. The summed E-state index contributed by atoms with van der Waals surface area (Å²) < 4.78 is 11.4. The second kappa shape index (κ2) is 7.99. The van der Waals surface area contributed by atoms with Crippen molar-refractivity contribution in [1.82, 2.24) is 4.98 Å². The van der Waals surface area contributed by atoms with Gasteiger partial charge in [-0.1, -0.05) is 17.4 Å². The molecular formula is C21H27N3O3S. The summed E-state index contributed by atoms with van der Waals surface area (Å²) in [6, 6.07) is 5.96. The molecule has 1 amide bonds. The van der Waals surface area contributed by atoms with E-state index in [1.807, 2.05) is 32.0 Å². The third kappa shape index (κ3) is 3.81. The van der Waals surface area contributed by atoms with Crippen LogP contribution < -0.4 is 19.7 Å². The molecule has 0 aliphatic carbocycles. The normalized spacial score (nSPS) is 19.4. The van der Waals surface area contributed by atoms with Crippen LogP contribution in [0.4, 0.5) is 10.9 Å². The number of hydrogen-bond acceptors (Lipinski definition) is 6. The fourth-order valence-electron chi connectivity index (χ4n) is 3.85. The van der Waals surface area contributed by atoms with Crippen molar-refractivity contribution in [2.45, 2.75) is 51.6 Å². The lowest BCUT2D eigenvalue weighted by Crippen LogP contribution is -2.29. The minimum Gasteiger partial charge on any atom is -0.493 e. The topological polar surface area (TPSA) is 63.7 Å². The van der Waals surface area contributed by atoms with Gasteiger partial charge in [-0.05, 0) is 50.8 Å². The Morgan fingerprint density at radius 1 is 1.21 bits per heavy atom. The van der Waals surface area contributed by atoms with Crippen molar-refractivity contribution in [1.29, 1.82) is 0 Å². The quantitative estimate of drug-likeness (QED) is 0.804. The fraction of sp³-hybridized carbons (Fsp3) is 0.524. The number of carbonyl (C=O) groups excluding carboxylic acids is 1. The molecule has 2 aliphatic heterocycles. The van der Waals surface area contributed by atoms with Crippen LogP contribution in [0.15, 0.2) is 18.2 Å². The first-order valence-corrected chi connectivity index (χ1v) is 10.8. The van der Waals surface area contributed by atoms with Crippen LogP contribution in [0.2, 0.25) is 0 Å². The molecule has 1 fully saturated rings. The van der Waals surface area contributed by atoms with Gasteiger partial charge in [-0.2, -0.15) is 0 Å². The Labute approximate surface area is 169 Å². The van der Waals surface area contributed by atoms with Crippen molar-refractivity contribution in [3.63, 3.8) is 0 Å². The summed E-state index contributed by atoms with van der Waals surface area (Å²) in [5.41, 5.74) is 1.06. The minimum absolute atomic E-state index is 0.00939. The SMILES string of the molecule is COc1ccc(C2CC(=O)Nc3nc(N4CCCCC4)sc32)cc1OC(C)C. The number of aromatic nitrogens is 1. The van der Waals surface area contributed by atoms with E-state index in [0.717, 1.165) is 28.7 Å². The summed E-state index contributed by atoms with van der Waals surface area (Å²) in [6.07, 6.45) is 4.15. The van der Waals surface area contributed by atoms with Crippen molar-refractivity contribution >= 4 is 28.2 Å². The van der Waals surface area contributed by atoms with Gasteiger partial charge in [0.25, 0.3) is 0 Å². The molecule has 0 spiro atoms. The third-order valence-electron chi connectivity index (χ3n) is 5.19. The first-order chi connectivity index (χ1) is 13.5. The number of methoxy groups -OCH3 is 1. The van der Waals surface area contributed by atoms with E-state index in [1.165, 1.54) is 19.3 Å². The van der Waals surface area contributed by atoms with Gasteiger partial charge >= 0.3 is 0 Å². The molecule has 0 radical (unpaired) electrons. The molecule has 1 N–H and O–H groups in total. The van der Waals surface area contributed by atoms with Crippen LogP contribution in [-0.4, -0.2) is 37.2 Å². The zero-order chi connectivity index (χ0) is 19.7. The third-order valence-corrected chi connectivity index (χ3v) is 6.42.